The average molecular weight is 236 g/mol. The molecule has 0 atom stereocenters. The maximum atomic E-state index is 11.5. The summed E-state index contributed by atoms with van der Waals surface area (Å²) in [6, 6.07) is 0. The third kappa shape index (κ3) is 3.60. The number of hydrogen-bond donors (Lipinski definition) is 0. The quantitative estimate of drug-likeness (QED) is 0.530. The molecule has 0 saturated heterocycles. The van der Waals surface area contributed by atoms with Gasteiger partial charge in [-0.25, -0.2) is 14.6 Å². The number of carbonyl (C=O) groups is 2. The molecular weight excluding hydrogens is 224 g/mol. The van der Waals surface area contributed by atoms with Gasteiger partial charge in [-0.3, -0.25) is 0 Å². The van der Waals surface area contributed by atoms with E-state index in [0.717, 1.165) is 6.08 Å². The molecule has 0 aromatic rings. The van der Waals surface area contributed by atoms with E-state index in [0.29, 0.717) is 0 Å². The van der Waals surface area contributed by atoms with E-state index < -0.39 is 11.9 Å². The lowest BCUT2D eigenvalue weighted by Crippen LogP contribution is -2.20. The van der Waals surface area contributed by atoms with E-state index >= 15 is 0 Å². The van der Waals surface area contributed by atoms with Crippen LogP contribution in [0.15, 0.2) is 41.3 Å². The van der Waals surface area contributed by atoms with Gasteiger partial charge in [-0.1, -0.05) is 6.08 Å². The van der Waals surface area contributed by atoms with Crippen molar-refractivity contribution in [2.24, 2.45) is 5.10 Å². The van der Waals surface area contributed by atoms with Crippen LogP contribution in [-0.2, 0) is 19.1 Å². The van der Waals surface area contributed by atoms with E-state index in [1.807, 2.05) is 0 Å². The summed E-state index contributed by atoms with van der Waals surface area (Å²) < 4.78 is 9.02. The molecule has 1 aliphatic heterocycles. The fourth-order valence-electron chi connectivity index (χ4n) is 1.03. The molecule has 6 nitrogen and oxygen atoms in total. The lowest BCUT2D eigenvalue weighted by molar-refractivity contribution is -0.139. The third-order valence-corrected chi connectivity index (χ3v) is 1.82. The topological polar surface area (TPSA) is 68.2 Å². The lowest BCUT2D eigenvalue weighted by Gasteiger charge is -2.14. The van der Waals surface area contributed by atoms with Crippen LogP contribution in [0.3, 0.4) is 0 Å². The van der Waals surface area contributed by atoms with Crippen LogP contribution in [-0.4, -0.2) is 37.4 Å². The Morgan fingerprint density at radius 2 is 1.94 bits per heavy atom. The first-order valence-corrected chi connectivity index (χ1v) is 4.73. The molecule has 1 aliphatic rings. The molecule has 0 spiro atoms. The van der Waals surface area contributed by atoms with Crippen molar-refractivity contribution in [3.8, 4) is 0 Å². The molecule has 1 rings (SSSR count). The molecule has 0 radical (unpaired) electrons. The second kappa shape index (κ2) is 6.26. The van der Waals surface area contributed by atoms with Crippen molar-refractivity contribution in [1.82, 2.24) is 5.01 Å². The highest BCUT2D eigenvalue weighted by atomic mass is 16.5. The predicted octanol–water partition coefficient (Wildman–Crippen LogP) is 0.588. The molecule has 0 saturated carbocycles. The highest BCUT2D eigenvalue weighted by Crippen LogP contribution is 2.10. The van der Waals surface area contributed by atoms with Gasteiger partial charge in [0.1, 0.15) is 0 Å². The van der Waals surface area contributed by atoms with Crippen LogP contribution in [0.2, 0.25) is 0 Å². The minimum Gasteiger partial charge on any atom is -0.466 e. The molecule has 90 valence electrons. The minimum atomic E-state index is -0.681. The maximum Gasteiger partial charge on any atom is 0.356 e. The minimum absolute atomic E-state index is 0.0319. The zero-order valence-electron chi connectivity index (χ0n) is 9.49. The Labute approximate surface area is 98.5 Å². The molecule has 6 heteroatoms. The van der Waals surface area contributed by atoms with Crippen LogP contribution in [0.4, 0.5) is 0 Å². The Hall–Kier alpha value is -2.37. The van der Waals surface area contributed by atoms with Gasteiger partial charge in [0, 0.05) is 12.4 Å². The van der Waals surface area contributed by atoms with Crippen molar-refractivity contribution >= 4 is 18.2 Å². The second-order valence-electron chi connectivity index (χ2n) is 2.88. The van der Waals surface area contributed by atoms with Crippen LogP contribution in [0.25, 0.3) is 0 Å². The molecule has 0 aromatic heterocycles. The highest BCUT2D eigenvalue weighted by molar-refractivity contribution is 5.96. The van der Waals surface area contributed by atoms with Gasteiger partial charge in [0.05, 0.1) is 20.3 Å². The largest absolute Gasteiger partial charge is 0.466 e. The fraction of sp³-hybridized carbons (Fsp3) is 0.182. The average Bonchev–Trinajstić information content (AvgIpc) is 2.63. The molecule has 0 aromatic carbocycles. The third-order valence-electron chi connectivity index (χ3n) is 1.82. The maximum absolute atomic E-state index is 11.5. The summed E-state index contributed by atoms with van der Waals surface area (Å²) in [4.78, 5) is 22.7. The number of hydrogen-bond acceptors (Lipinski definition) is 6. The lowest BCUT2D eigenvalue weighted by atomic mass is 10.3. The predicted molar refractivity (Wildman–Crippen MR) is 60.7 cm³/mol. The van der Waals surface area contributed by atoms with Crippen LogP contribution in [0, 0.1) is 0 Å². The van der Waals surface area contributed by atoms with Gasteiger partial charge in [-0.2, -0.15) is 5.10 Å². The zero-order valence-corrected chi connectivity index (χ0v) is 9.49. The first-order valence-electron chi connectivity index (χ1n) is 4.73. The zero-order chi connectivity index (χ0) is 12.7. The number of hydrazone groups is 1. The van der Waals surface area contributed by atoms with Crippen molar-refractivity contribution in [2.45, 2.75) is 0 Å². The first-order chi connectivity index (χ1) is 8.19. The second-order valence-corrected chi connectivity index (χ2v) is 2.88. The molecule has 0 amide bonds. The summed E-state index contributed by atoms with van der Waals surface area (Å²) in [6.07, 6.45) is 9.10. The van der Waals surface area contributed by atoms with Crippen LogP contribution in [0.5, 0.6) is 0 Å². The van der Waals surface area contributed by atoms with Gasteiger partial charge >= 0.3 is 11.9 Å². The molecule has 0 bridgehead atoms. The summed E-state index contributed by atoms with van der Waals surface area (Å²) in [5, 5.41) is 5.16. The molecule has 0 aliphatic carbocycles. The summed E-state index contributed by atoms with van der Waals surface area (Å²) in [5.41, 5.74) is -0.0319. The van der Waals surface area contributed by atoms with Crippen molar-refractivity contribution in [2.75, 3.05) is 14.2 Å². The van der Waals surface area contributed by atoms with Gasteiger partial charge in [0.15, 0.2) is 5.70 Å². The van der Waals surface area contributed by atoms with Gasteiger partial charge in [-0.05, 0) is 12.2 Å². The Morgan fingerprint density at radius 1 is 1.18 bits per heavy atom. The number of allylic oxidation sites excluding steroid dienone is 3. The van der Waals surface area contributed by atoms with Gasteiger partial charge in [0.2, 0.25) is 0 Å². The van der Waals surface area contributed by atoms with E-state index in [1.54, 1.807) is 18.2 Å². The molecule has 17 heavy (non-hydrogen) atoms. The van der Waals surface area contributed by atoms with Crippen molar-refractivity contribution < 1.29 is 19.1 Å². The van der Waals surface area contributed by atoms with E-state index in [-0.39, 0.29) is 5.70 Å². The van der Waals surface area contributed by atoms with Crippen molar-refractivity contribution in [1.29, 1.82) is 0 Å². The first kappa shape index (κ1) is 12.7. The number of carbonyl (C=O) groups excluding carboxylic acids is 2. The van der Waals surface area contributed by atoms with Gasteiger partial charge < -0.3 is 9.47 Å². The Balaban J connectivity index is 3.02. The van der Waals surface area contributed by atoms with E-state index in [4.69, 9.17) is 0 Å². The summed E-state index contributed by atoms with van der Waals surface area (Å²) in [6.45, 7) is 0. The van der Waals surface area contributed by atoms with Crippen LogP contribution >= 0.6 is 0 Å². The van der Waals surface area contributed by atoms with E-state index in [1.165, 1.54) is 31.6 Å². The fourth-order valence-corrected chi connectivity index (χ4v) is 1.03. The van der Waals surface area contributed by atoms with E-state index in [9.17, 15) is 9.59 Å². The summed E-state index contributed by atoms with van der Waals surface area (Å²) in [7, 11) is 2.44. The standard InChI is InChI=1S/C11H12N2O4/c1-16-10(14)8-9(11(15)17-2)13-7-5-3-4-6-12-13/h3-8H,1-2H3. The van der Waals surface area contributed by atoms with Crippen LogP contribution in [0.1, 0.15) is 0 Å². The van der Waals surface area contributed by atoms with Crippen molar-refractivity contribution in [3.05, 3.63) is 36.2 Å². The normalized spacial score (nSPS) is 14.5. The summed E-state index contributed by atoms with van der Waals surface area (Å²) in [5.74, 6) is -1.34. The number of esters is 2. The Bertz CT molecular complexity index is 405. The van der Waals surface area contributed by atoms with E-state index in [2.05, 4.69) is 14.6 Å². The number of methoxy groups -OCH3 is 2. The number of nitrogens with zero attached hydrogens (tertiary/aromatic N) is 2. The van der Waals surface area contributed by atoms with Crippen LogP contribution < -0.4 is 0 Å². The monoisotopic (exact) mass is 236 g/mol. The molecule has 0 N–H and O–H groups in total. The molecule has 1 heterocycles. The number of rotatable bonds is 3. The SMILES string of the molecule is COC(=O)C=C(C(=O)OC)N1C=CC=CC=N1. The molecule has 0 fully saturated rings. The molecular formula is C11H12N2O4. The van der Waals surface area contributed by atoms with Crippen molar-refractivity contribution in [3.63, 3.8) is 0 Å². The van der Waals surface area contributed by atoms with Gasteiger partial charge in [0.25, 0.3) is 0 Å². The number of ether oxygens (including phenoxy) is 2. The highest BCUT2D eigenvalue weighted by Gasteiger charge is 2.18. The smallest absolute Gasteiger partial charge is 0.356 e. The van der Waals surface area contributed by atoms with Gasteiger partial charge in [-0.15, -0.1) is 0 Å². The Morgan fingerprint density at radius 3 is 2.59 bits per heavy atom. The summed E-state index contributed by atoms with van der Waals surface area (Å²) >= 11 is 0. The Kier molecular flexibility index (Phi) is 4.68. The molecule has 0 unspecified atom stereocenters.